The molecule has 0 spiro atoms. The Morgan fingerprint density at radius 2 is 2.00 bits per heavy atom. The maximum absolute atomic E-state index is 11.9. The summed E-state index contributed by atoms with van der Waals surface area (Å²) >= 11 is 1.08. The first-order valence-electron chi connectivity index (χ1n) is 4.58. The minimum atomic E-state index is -0.515. The van der Waals surface area contributed by atoms with Crippen LogP contribution in [0.1, 0.15) is 15.2 Å². The van der Waals surface area contributed by atoms with Crippen LogP contribution in [0.15, 0.2) is 30.5 Å². The van der Waals surface area contributed by atoms with E-state index < -0.39 is 4.92 Å². The third-order valence-electron chi connectivity index (χ3n) is 2.09. The highest BCUT2D eigenvalue weighted by atomic mass is 32.1. The summed E-state index contributed by atoms with van der Waals surface area (Å²) in [6, 6.07) is 5.40. The van der Waals surface area contributed by atoms with Crippen molar-refractivity contribution in [2.45, 2.75) is 0 Å². The van der Waals surface area contributed by atoms with Gasteiger partial charge in [0, 0.05) is 17.7 Å². The third-order valence-corrected chi connectivity index (χ3v) is 2.91. The molecule has 0 unspecified atom stereocenters. The van der Waals surface area contributed by atoms with Gasteiger partial charge in [-0.1, -0.05) is 11.3 Å². The molecule has 1 aromatic carbocycles. The number of nitrogens with two attached hydrogens (primary N) is 1. The summed E-state index contributed by atoms with van der Waals surface area (Å²) < 4.78 is 0. The van der Waals surface area contributed by atoms with Gasteiger partial charge in [-0.05, 0) is 12.1 Å². The van der Waals surface area contributed by atoms with Crippen LogP contribution in [0.3, 0.4) is 0 Å². The van der Waals surface area contributed by atoms with Gasteiger partial charge < -0.3 is 5.73 Å². The Kier molecular flexibility index (Phi) is 2.84. The van der Waals surface area contributed by atoms with Crippen molar-refractivity contribution >= 4 is 27.9 Å². The van der Waals surface area contributed by atoms with E-state index in [1.54, 1.807) is 0 Å². The predicted molar refractivity (Wildman–Crippen MR) is 63.1 cm³/mol. The molecule has 0 saturated carbocycles. The quantitative estimate of drug-likeness (QED) is 0.508. The summed E-state index contributed by atoms with van der Waals surface area (Å²) in [5.41, 5.74) is 5.75. The zero-order chi connectivity index (χ0) is 12.4. The van der Waals surface area contributed by atoms with Crippen LogP contribution in [0, 0.1) is 10.1 Å². The molecule has 2 rings (SSSR count). The van der Waals surface area contributed by atoms with Gasteiger partial charge >= 0.3 is 0 Å². The molecule has 0 fully saturated rings. The lowest BCUT2D eigenvalue weighted by Crippen LogP contribution is -1.98. The normalized spacial score (nSPS) is 10.1. The Hall–Kier alpha value is -2.28. The van der Waals surface area contributed by atoms with Crippen LogP contribution in [0.4, 0.5) is 10.8 Å². The number of carbonyl (C=O) groups is 1. The smallest absolute Gasteiger partial charge is 0.269 e. The molecule has 7 heteroatoms. The number of rotatable bonds is 3. The fourth-order valence-corrected chi connectivity index (χ4v) is 1.92. The molecule has 2 aromatic rings. The van der Waals surface area contributed by atoms with Crippen LogP contribution < -0.4 is 5.73 Å². The molecule has 0 saturated heterocycles. The van der Waals surface area contributed by atoms with Gasteiger partial charge in [0.05, 0.1) is 16.0 Å². The number of benzene rings is 1. The third kappa shape index (κ3) is 2.28. The van der Waals surface area contributed by atoms with E-state index in [-0.39, 0.29) is 11.5 Å². The molecule has 2 N–H and O–H groups in total. The predicted octanol–water partition coefficient (Wildman–Crippen LogP) is 1.86. The topological polar surface area (TPSA) is 99.1 Å². The first kappa shape index (κ1) is 11.2. The van der Waals surface area contributed by atoms with Crippen molar-refractivity contribution in [3.05, 3.63) is 51.0 Å². The van der Waals surface area contributed by atoms with E-state index >= 15 is 0 Å². The minimum absolute atomic E-state index is 0.0506. The lowest BCUT2D eigenvalue weighted by molar-refractivity contribution is -0.384. The molecule has 6 nitrogen and oxygen atoms in total. The number of hydrogen-bond acceptors (Lipinski definition) is 6. The number of anilines is 1. The van der Waals surface area contributed by atoms with Crippen molar-refractivity contribution in [2.75, 3.05) is 5.73 Å². The number of carbonyl (C=O) groups excluding carboxylic acids is 1. The Morgan fingerprint density at radius 3 is 2.47 bits per heavy atom. The number of nitro benzene ring substituents is 1. The number of aromatic nitrogens is 1. The Bertz CT molecular complexity index is 577. The van der Waals surface area contributed by atoms with E-state index in [4.69, 9.17) is 5.73 Å². The number of nitrogen functional groups attached to an aromatic ring is 1. The Morgan fingerprint density at radius 1 is 1.35 bits per heavy atom. The van der Waals surface area contributed by atoms with E-state index in [0.29, 0.717) is 15.6 Å². The number of nitro groups is 1. The van der Waals surface area contributed by atoms with Crippen LogP contribution in [0.5, 0.6) is 0 Å². The van der Waals surface area contributed by atoms with Gasteiger partial charge in [-0.3, -0.25) is 14.9 Å². The maximum atomic E-state index is 11.9. The number of non-ortho nitro benzene ring substituents is 1. The molecule has 0 bridgehead atoms. The van der Waals surface area contributed by atoms with Gasteiger partial charge in [-0.25, -0.2) is 4.98 Å². The number of hydrogen-bond donors (Lipinski definition) is 1. The van der Waals surface area contributed by atoms with Crippen molar-refractivity contribution in [3.8, 4) is 0 Å². The van der Waals surface area contributed by atoms with E-state index in [1.165, 1.54) is 30.5 Å². The summed E-state index contributed by atoms with van der Waals surface area (Å²) in [5, 5.41) is 10.8. The summed E-state index contributed by atoms with van der Waals surface area (Å²) in [6.07, 6.45) is 1.39. The molecule has 0 atom stereocenters. The second-order valence-electron chi connectivity index (χ2n) is 3.20. The standard InChI is InChI=1S/C10H7N3O3S/c11-10-12-5-8(17-10)9(14)6-1-3-7(4-2-6)13(15)16/h1-5H,(H2,11,12). The fourth-order valence-electron chi connectivity index (χ4n) is 1.27. The van der Waals surface area contributed by atoms with Gasteiger partial charge in [-0.15, -0.1) is 0 Å². The highest BCUT2D eigenvalue weighted by Gasteiger charge is 2.13. The molecular formula is C10H7N3O3S. The molecule has 0 amide bonds. The summed E-state index contributed by atoms with van der Waals surface area (Å²) in [5.74, 6) is -0.242. The first-order chi connectivity index (χ1) is 8.08. The SMILES string of the molecule is Nc1ncc(C(=O)c2ccc([N+](=O)[O-])cc2)s1. The van der Waals surface area contributed by atoms with Crippen molar-refractivity contribution in [3.63, 3.8) is 0 Å². The molecule has 0 aliphatic heterocycles. The van der Waals surface area contributed by atoms with Crippen LogP contribution in [0.2, 0.25) is 0 Å². The summed E-state index contributed by atoms with van der Waals surface area (Å²) in [4.78, 5) is 26.0. The van der Waals surface area contributed by atoms with E-state index in [2.05, 4.69) is 4.98 Å². The maximum Gasteiger partial charge on any atom is 0.269 e. The monoisotopic (exact) mass is 249 g/mol. The van der Waals surface area contributed by atoms with Crippen molar-refractivity contribution in [2.24, 2.45) is 0 Å². The molecular weight excluding hydrogens is 242 g/mol. The average Bonchev–Trinajstić information content (AvgIpc) is 2.75. The highest BCUT2D eigenvalue weighted by Crippen LogP contribution is 2.20. The van der Waals surface area contributed by atoms with Gasteiger partial charge in [0.25, 0.3) is 5.69 Å². The number of thiazole rings is 1. The summed E-state index contributed by atoms with van der Waals surface area (Å²) in [6.45, 7) is 0. The molecule has 17 heavy (non-hydrogen) atoms. The van der Waals surface area contributed by atoms with Gasteiger partial charge in [0.2, 0.25) is 5.78 Å². The lowest BCUT2D eigenvalue weighted by Gasteiger charge is -1.96. The number of ketones is 1. The largest absolute Gasteiger partial charge is 0.375 e. The Balaban J connectivity index is 2.29. The van der Waals surface area contributed by atoms with E-state index in [0.717, 1.165) is 11.3 Å². The first-order valence-corrected chi connectivity index (χ1v) is 5.40. The van der Waals surface area contributed by atoms with E-state index in [9.17, 15) is 14.9 Å². The van der Waals surface area contributed by atoms with Crippen LogP contribution >= 0.6 is 11.3 Å². The van der Waals surface area contributed by atoms with Gasteiger partial charge in [0.1, 0.15) is 0 Å². The highest BCUT2D eigenvalue weighted by molar-refractivity contribution is 7.17. The van der Waals surface area contributed by atoms with Crippen molar-refractivity contribution < 1.29 is 9.72 Å². The minimum Gasteiger partial charge on any atom is -0.375 e. The molecule has 0 radical (unpaired) electrons. The van der Waals surface area contributed by atoms with Crippen LogP contribution in [-0.2, 0) is 0 Å². The van der Waals surface area contributed by atoms with Crippen LogP contribution in [-0.4, -0.2) is 15.7 Å². The fraction of sp³-hybridized carbons (Fsp3) is 0. The molecule has 0 aliphatic rings. The van der Waals surface area contributed by atoms with E-state index in [1.807, 2.05) is 0 Å². The average molecular weight is 249 g/mol. The molecule has 1 aromatic heterocycles. The Labute approximate surface area is 99.9 Å². The van der Waals surface area contributed by atoms with Crippen molar-refractivity contribution in [1.82, 2.24) is 4.98 Å². The second-order valence-corrected chi connectivity index (χ2v) is 4.26. The zero-order valence-corrected chi connectivity index (χ0v) is 9.31. The molecule has 0 aliphatic carbocycles. The lowest BCUT2D eigenvalue weighted by atomic mass is 10.1. The van der Waals surface area contributed by atoms with Crippen LogP contribution in [0.25, 0.3) is 0 Å². The van der Waals surface area contributed by atoms with Gasteiger partial charge in [0.15, 0.2) is 5.13 Å². The number of nitrogens with zero attached hydrogens (tertiary/aromatic N) is 2. The van der Waals surface area contributed by atoms with Gasteiger partial charge in [-0.2, -0.15) is 0 Å². The molecule has 1 heterocycles. The molecule has 86 valence electrons. The van der Waals surface area contributed by atoms with Crippen molar-refractivity contribution in [1.29, 1.82) is 0 Å². The summed E-state index contributed by atoms with van der Waals surface area (Å²) in [7, 11) is 0. The second kappa shape index (κ2) is 4.30. The zero-order valence-electron chi connectivity index (χ0n) is 8.49.